The minimum Gasteiger partial charge on any atom is -0.325 e. The zero-order valence-electron chi connectivity index (χ0n) is 21.7. The number of carbonyl (C=O) groups is 3. The van der Waals surface area contributed by atoms with Gasteiger partial charge in [-0.1, -0.05) is 77.3 Å². The first-order chi connectivity index (χ1) is 19.7. The van der Waals surface area contributed by atoms with Crippen LogP contribution in [0.3, 0.4) is 0 Å². The molecule has 0 aliphatic carbocycles. The molecule has 4 aromatic carbocycles. The summed E-state index contributed by atoms with van der Waals surface area (Å²) in [5.74, 6) is -1.08. The quantitative estimate of drug-likeness (QED) is 0.130. The van der Waals surface area contributed by atoms with Crippen LogP contribution in [0.5, 0.6) is 0 Å². The topological polar surface area (TPSA) is 87.3 Å². The molecule has 41 heavy (non-hydrogen) atoms. The number of benzene rings is 4. The van der Waals surface area contributed by atoms with Gasteiger partial charge in [-0.25, -0.2) is 0 Å². The summed E-state index contributed by atoms with van der Waals surface area (Å²) in [5.41, 5.74) is 2.73. The first-order valence-electron chi connectivity index (χ1n) is 12.3. The van der Waals surface area contributed by atoms with Crippen molar-refractivity contribution in [3.8, 4) is 0 Å². The lowest BCUT2D eigenvalue weighted by Gasteiger charge is -2.13. The van der Waals surface area contributed by atoms with Gasteiger partial charge >= 0.3 is 0 Å². The number of amides is 3. The van der Waals surface area contributed by atoms with Gasteiger partial charge in [0.1, 0.15) is 5.70 Å². The summed E-state index contributed by atoms with van der Waals surface area (Å²) in [6.45, 7) is 1.84. The number of hydrogen-bond acceptors (Lipinski definition) is 4. The Kier molecular flexibility index (Phi) is 10.5. The SMILES string of the molecule is Cc1c(Cl)cccc1NC(=O)CSc1cccc(NC(=O)/C(=C\c2cccc(Cl)c2Cl)NC(=O)c2ccccc2)c1. The van der Waals surface area contributed by atoms with Gasteiger partial charge in [0.2, 0.25) is 5.91 Å². The maximum Gasteiger partial charge on any atom is 0.272 e. The van der Waals surface area contributed by atoms with Gasteiger partial charge in [0.05, 0.1) is 15.8 Å². The molecule has 4 aromatic rings. The Morgan fingerprint density at radius 1 is 0.805 bits per heavy atom. The molecule has 4 rings (SSSR count). The number of anilines is 2. The van der Waals surface area contributed by atoms with E-state index in [1.54, 1.807) is 84.9 Å². The van der Waals surface area contributed by atoms with E-state index in [1.807, 2.05) is 13.0 Å². The second kappa shape index (κ2) is 14.2. The second-order valence-electron chi connectivity index (χ2n) is 8.75. The van der Waals surface area contributed by atoms with Crippen LogP contribution in [-0.4, -0.2) is 23.5 Å². The summed E-state index contributed by atoms with van der Waals surface area (Å²) in [4.78, 5) is 39.6. The van der Waals surface area contributed by atoms with Crippen molar-refractivity contribution in [3.63, 3.8) is 0 Å². The maximum atomic E-state index is 13.4. The molecule has 3 N–H and O–H groups in total. The van der Waals surface area contributed by atoms with Gasteiger partial charge in [0.25, 0.3) is 11.8 Å². The molecule has 0 aliphatic rings. The van der Waals surface area contributed by atoms with Gasteiger partial charge in [-0.3, -0.25) is 14.4 Å². The molecule has 0 unspecified atom stereocenters. The first kappa shape index (κ1) is 30.2. The van der Waals surface area contributed by atoms with Crippen LogP contribution in [0.25, 0.3) is 6.08 Å². The van der Waals surface area contributed by atoms with Crippen molar-refractivity contribution in [2.75, 3.05) is 16.4 Å². The Balaban J connectivity index is 1.48. The van der Waals surface area contributed by atoms with Gasteiger partial charge in [-0.2, -0.15) is 0 Å². The molecular weight excluding hydrogens is 601 g/mol. The standard InChI is InChI=1S/C31H24Cl3N3O3S/c1-19-24(32)13-7-15-26(19)36-28(38)18-41-23-12-6-11-22(17-23)35-31(40)27(16-21-10-5-14-25(33)29(21)34)37-30(39)20-8-3-2-4-9-20/h2-17H,18H2,1H3,(H,35,40)(H,36,38)(H,37,39)/b27-16+. The molecular formula is C31H24Cl3N3O3S. The van der Waals surface area contributed by atoms with E-state index in [4.69, 9.17) is 34.8 Å². The van der Waals surface area contributed by atoms with Gasteiger partial charge in [-0.05, 0) is 72.7 Å². The van der Waals surface area contributed by atoms with Crippen LogP contribution in [0.1, 0.15) is 21.5 Å². The maximum absolute atomic E-state index is 13.4. The number of carbonyl (C=O) groups excluding carboxylic acids is 3. The highest BCUT2D eigenvalue weighted by molar-refractivity contribution is 8.00. The first-order valence-corrected chi connectivity index (χ1v) is 14.4. The van der Waals surface area contributed by atoms with Crippen molar-refractivity contribution in [2.24, 2.45) is 0 Å². The number of halogens is 3. The van der Waals surface area contributed by atoms with Crippen LogP contribution in [0, 0.1) is 6.92 Å². The van der Waals surface area contributed by atoms with Crippen molar-refractivity contribution in [1.82, 2.24) is 5.32 Å². The van der Waals surface area contributed by atoms with Crippen molar-refractivity contribution in [3.05, 3.63) is 128 Å². The molecule has 0 fully saturated rings. The Morgan fingerprint density at radius 2 is 1.51 bits per heavy atom. The van der Waals surface area contributed by atoms with E-state index in [2.05, 4.69) is 16.0 Å². The minimum atomic E-state index is -0.568. The summed E-state index contributed by atoms with van der Waals surface area (Å²) >= 11 is 19.9. The Bertz CT molecular complexity index is 1630. The number of rotatable bonds is 9. The average molecular weight is 625 g/mol. The van der Waals surface area contributed by atoms with Crippen molar-refractivity contribution >= 4 is 81.7 Å². The third-order valence-corrected chi connectivity index (χ3v) is 8.05. The van der Waals surface area contributed by atoms with Gasteiger partial charge in [0.15, 0.2) is 0 Å². The van der Waals surface area contributed by atoms with Gasteiger partial charge < -0.3 is 16.0 Å². The largest absolute Gasteiger partial charge is 0.325 e. The summed E-state index contributed by atoms with van der Waals surface area (Å²) in [6.07, 6.45) is 1.46. The molecule has 10 heteroatoms. The average Bonchev–Trinajstić information content (AvgIpc) is 2.97. The zero-order valence-corrected chi connectivity index (χ0v) is 24.8. The summed E-state index contributed by atoms with van der Waals surface area (Å²) in [6, 6.07) is 25.9. The molecule has 0 atom stereocenters. The molecule has 6 nitrogen and oxygen atoms in total. The van der Waals surface area contributed by atoms with E-state index >= 15 is 0 Å². The summed E-state index contributed by atoms with van der Waals surface area (Å²) < 4.78 is 0. The van der Waals surface area contributed by atoms with Crippen LogP contribution in [0.2, 0.25) is 15.1 Å². The lowest BCUT2D eigenvalue weighted by Crippen LogP contribution is -2.30. The van der Waals surface area contributed by atoms with E-state index in [0.29, 0.717) is 32.5 Å². The molecule has 208 valence electrons. The number of thioether (sulfide) groups is 1. The van der Waals surface area contributed by atoms with Crippen LogP contribution < -0.4 is 16.0 Å². The van der Waals surface area contributed by atoms with E-state index in [9.17, 15) is 14.4 Å². The van der Waals surface area contributed by atoms with Crippen molar-refractivity contribution in [1.29, 1.82) is 0 Å². The predicted molar refractivity (Wildman–Crippen MR) is 169 cm³/mol. The fourth-order valence-corrected chi connectivity index (χ4v) is 4.96. The third kappa shape index (κ3) is 8.38. The molecule has 0 aromatic heterocycles. The molecule has 0 saturated carbocycles. The predicted octanol–water partition coefficient (Wildman–Crippen LogP) is 8.10. The molecule has 0 saturated heterocycles. The molecule has 0 aliphatic heterocycles. The smallest absolute Gasteiger partial charge is 0.272 e. The molecule has 3 amide bonds. The zero-order chi connectivity index (χ0) is 29.4. The molecule has 0 radical (unpaired) electrons. The van der Waals surface area contributed by atoms with Crippen LogP contribution in [0.4, 0.5) is 11.4 Å². The van der Waals surface area contributed by atoms with E-state index < -0.39 is 11.8 Å². The molecule has 0 bridgehead atoms. The van der Waals surface area contributed by atoms with Gasteiger partial charge in [-0.15, -0.1) is 11.8 Å². The number of hydrogen-bond donors (Lipinski definition) is 3. The van der Waals surface area contributed by atoms with E-state index in [-0.39, 0.29) is 22.4 Å². The lowest BCUT2D eigenvalue weighted by atomic mass is 10.1. The molecule has 0 spiro atoms. The van der Waals surface area contributed by atoms with E-state index in [1.165, 1.54) is 17.8 Å². The summed E-state index contributed by atoms with van der Waals surface area (Å²) in [7, 11) is 0. The highest BCUT2D eigenvalue weighted by Gasteiger charge is 2.17. The van der Waals surface area contributed by atoms with Gasteiger partial charge in [0, 0.05) is 26.9 Å². The highest BCUT2D eigenvalue weighted by Crippen LogP contribution is 2.28. The van der Waals surface area contributed by atoms with Crippen LogP contribution >= 0.6 is 46.6 Å². The lowest BCUT2D eigenvalue weighted by molar-refractivity contribution is -0.114. The normalized spacial score (nSPS) is 11.1. The minimum absolute atomic E-state index is 0.0302. The monoisotopic (exact) mass is 623 g/mol. The van der Waals surface area contributed by atoms with Crippen molar-refractivity contribution in [2.45, 2.75) is 11.8 Å². The fraction of sp³-hybridized carbons (Fsp3) is 0.0645. The Labute approximate surface area is 257 Å². The highest BCUT2D eigenvalue weighted by atomic mass is 35.5. The van der Waals surface area contributed by atoms with Crippen molar-refractivity contribution < 1.29 is 14.4 Å². The molecule has 0 heterocycles. The van der Waals surface area contributed by atoms with Crippen LogP contribution in [-0.2, 0) is 9.59 Å². The van der Waals surface area contributed by atoms with Crippen LogP contribution in [0.15, 0.2) is 102 Å². The second-order valence-corrected chi connectivity index (χ2v) is 11.0. The summed E-state index contributed by atoms with van der Waals surface area (Å²) in [5, 5.41) is 9.48. The third-order valence-electron chi connectivity index (χ3n) is 5.81. The fourth-order valence-electron chi connectivity index (χ4n) is 3.67. The Morgan fingerprint density at radius 3 is 2.29 bits per heavy atom. The number of nitrogens with one attached hydrogen (secondary N) is 3. The Hall–Kier alpha value is -3.75. The van der Waals surface area contributed by atoms with E-state index in [0.717, 1.165) is 10.5 Å².